The standard InChI is InChI=1S/C15H18FN3O/c1-11-4-5-12(8-13(11)16)18-9-14(20)19-15(10-17)6-2-3-7-15/h4-5,8,18H,2-3,6-7,9H2,1H3,(H,19,20). The molecular weight excluding hydrogens is 257 g/mol. The number of anilines is 1. The van der Waals surface area contributed by atoms with Crippen LogP contribution in [-0.4, -0.2) is 18.0 Å². The van der Waals surface area contributed by atoms with Gasteiger partial charge in [0.15, 0.2) is 0 Å². The third kappa shape index (κ3) is 3.27. The molecule has 0 unspecified atom stereocenters. The van der Waals surface area contributed by atoms with Crippen LogP contribution < -0.4 is 10.6 Å². The number of amides is 1. The van der Waals surface area contributed by atoms with Crippen LogP contribution in [0.2, 0.25) is 0 Å². The molecule has 1 aliphatic carbocycles. The van der Waals surface area contributed by atoms with Crippen LogP contribution in [0.25, 0.3) is 0 Å². The Morgan fingerprint density at radius 3 is 2.75 bits per heavy atom. The molecule has 2 rings (SSSR count). The summed E-state index contributed by atoms with van der Waals surface area (Å²) in [7, 11) is 0. The Morgan fingerprint density at radius 2 is 2.15 bits per heavy atom. The van der Waals surface area contributed by atoms with Crippen LogP contribution in [0, 0.1) is 24.1 Å². The Bertz CT molecular complexity index is 545. The van der Waals surface area contributed by atoms with Crippen molar-refractivity contribution in [2.45, 2.75) is 38.1 Å². The Hall–Kier alpha value is -2.09. The molecule has 4 nitrogen and oxygen atoms in total. The first-order valence-corrected chi connectivity index (χ1v) is 6.77. The number of carbonyl (C=O) groups excluding carboxylic acids is 1. The number of nitriles is 1. The van der Waals surface area contributed by atoms with Crippen molar-refractivity contribution < 1.29 is 9.18 Å². The molecule has 0 radical (unpaired) electrons. The maximum absolute atomic E-state index is 13.4. The summed E-state index contributed by atoms with van der Waals surface area (Å²) in [5, 5.41) is 14.8. The molecule has 0 bridgehead atoms. The third-order valence-electron chi connectivity index (χ3n) is 3.67. The molecule has 1 aromatic rings. The van der Waals surface area contributed by atoms with Crippen molar-refractivity contribution in [1.82, 2.24) is 5.32 Å². The average molecular weight is 275 g/mol. The largest absolute Gasteiger partial charge is 0.376 e. The molecule has 2 N–H and O–H groups in total. The molecular formula is C15H18FN3O. The lowest BCUT2D eigenvalue weighted by Gasteiger charge is -2.22. The second-order valence-corrected chi connectivity index (χ2v) is 5.27. The van der Waals surface area contributed by atoms with Gasteiger partial charge in [-0.15, -0.1) is 0 Å². The first kappa shape index (κ1) is 14.3. The van der Waals surface area contributed by atoms with Crippen molar-refractivity contribution >= 4 is 11.6 Å². The zero-order valence-corrected chi connectivity index (χ0v) is 11.5. The highest BCUT2D eigenvalue weighted by Gasteiger charge is 2.35. The van der Waals surface area contributed by atoms with Crippen LogP contribution in [-0.2, 0) is 4.79 Å². The topological polar surface area (TPSA) is 64.9 Å². The number of aryl methyl sites for hydroxylation is 1. The molecule has 1 aliphatic rings. The normalized spacial score (nSPS) is 16.4. The first-order valence-electron chi connectivity index (χ1n) is 6.77. The van der Waals surface area contributed by atoms with E-state index >= 15 is 0 Å². The smallest absolute Gasteiger partial charge is 0.240 e. The molecule has 106 valence electrons. The summed E-state index contributed by atoms with van der Waals surface area (Å²) in [4.78, 5) is 11.9. The van der Waals surface area contributed by atoms with E-state index in [4.69, 9.17) is 0 Å². The van der Waals surface area contributed by atoms with Crippen LogP contribution in [0.15, 0.2) is 18.2 Å². The van der Waals surface area contributed by atoms with Crippen LogP contribution in [0.4, 0.5) is 10.1 Å². The fourth-order valence-electron chi connectivity index (χ4n) is 2.44. The second-order valence-electron chi connectivity index (χ2n) is 5.27. The predicted molar refractivity (Wildman–Crippen MR) is 74.6 cm³/mol. The number of halogens is 1. The number of nitrogens with zero attached hydrogens (tertiary/aromatic N) is 1. The van der Waals surface area contributed by atoms with Gasteiger partial charge in [0, 0.05) is 5.69 Å². The molecule has 1 aromatic carbocycles. The summed E-state index contributed by atoms with van der Waals surface area (Å²) >= 11 is 0. The molecule has 0 spiro atoms. The fourth-order valence-corrected chi connectivity index (χ4v) is 2.44. The second kappa shape index (κ2) is 5.91. The molecule has 1 saturated carbocycles. The number of carbonyl (C=O) groups is 1. The highest BCUT2D eigenvalue weighted by atomic mass is 19.1. The van der Waals surface area contributed by atoms with Crippen molar-refractivity contribution in [3.8, 4) is 6.07 Å². The van der Waals surface area contributed by atoms with Gasteiger partial charge < -0.3 is 10.6 Å². The lowest BCUT2D eigenvalue weighted by atomic mass is 10.00. The number of nitrogens with one attached hydrogen (secondary N) is 2. The van der Waals surface area contributed by atoms with Crippen LogP contribution >= 0.6 is 0 Å². The summed E-state index contributed by atoms with van der Waals surface area (Å²) in [5.74, 6) is -0.547. The van der Waals surface area contributed by atoms with Gasteiger partial charge in [-0.05, 0) is 50.3 Å². The van der Waals surface area contributed by atoms with E-state index in [0.717, 1.165) is 12.8 Å². The maximum Gasteiger partial charge on any atom is 0.240 e. The highest BCUT2D eigenvalue weighted by Crippen LogP contribution is 2.28. The monoisotopic (exact) mass is 275 g/mol. The molecule has 0 saturated heterocycles. The molecule has 0 aliphatic heterocycles. The summed E-state index contributed by atoms with van der Waals surface area (Å²) in [5.41, 5.74) is 0.409. The van der Waals surface area contributed by atoms with E-state index < -0.39 is 5.54 Å². The highest BCUT2D eigenvalue weighted by molar-refractivity contribution is 5.81. The van der Waals surface area contributed by atoms with Crippen molar-refractivity contribution in [2.24, 2.45) is 0 Å². The first-order chi connectivity index (χ1) is 9.54. The minimum atomic E-state index is -0.711. The van der Waals surface area contributed by atoms with E-state index in [1.54, 1.807) is 19.1 Å². The lowest BCUT2D eigenvalue weighted by Crippen LogP contribution is -2.47. The SMILES string of the molecule is Cc1ccc(NCC(=O)NC2(C#N)CCCC2)cc1F. The maximum atomic E-state index is 13.4. The Morgan fingerprint density at radius 1 is 1.45 bits per heavy atom. The average Bonchev–Trinajstić information content (AvgIpc) is 2.89. The predicted octanol–water partition coefficient (Wildman–Crippen LogP) is 2.50. The van der Waals surface area contributed by atoms with Gasteiger partial charge in [-0.1, -0.05) is 6.07 Å². The van der Waals surface area contributed by atoms with E-state index in [0.29, 0.717) is 24.1 Å². The van der Waals surface area contributed by atoms with Crippen molar-refractivity contribution in [2.75, 3.05) is 11.9 Å². The van der Waals surface area contributed by atoms with E-state index in [2.05, 4.69) is 16.7 Å². The number of rotatable bonds is 4. The van der Waals surface area contributed by atoms with Crippen LogP contribution in [0.1, 0.15) is 31.2 Å². The summed E-state index contributed by atoms with van der Waals surface area (Å²) in [6.07, 6.45) is 3.33. The Balaban J connectivity index is 1.89. The molecule has 0 atom stereocenters. The zero-order chi connectivity index (χ0) is 14.6. The molecule has 0 aromatic heterocycles. The summed E-state index contributed by atoms with van der Waals surface area (Å²) in [6.45, 7) is 1.72. The third-order valence-corrected chi connectivity index (χ3v) is 3.67. The van der Waals surface area contributed by atoms with E-state index in [9.17, 15) is 14.4 Å². The van der Waals surface area contributed by atoms with Crippen molar-refractivity contribution in [3.05, 3.63) is 29.6 Å². The van der Waals surface area contributed by atoms with Gasteiger partial charge in [-0.2, -0.15) is 5.26 Å². The van der Waals surface area contributed by atoms with E-state index in [-0.39, 0.29) is 18.3 Å². The molecule has 20 heavy (non-hydrogen) atoms. The minimum Gasteiger partial charge on any atom is -0.376 e. The molecule has 5 heteroatoms. The van der Waals surface area contributed by atoms with Gasteiger partial charge in [0.1, 0.15) is 11.4 Å². The quantitative estimate of drug-likeness (QED) is 0.887. The van der Waals surface area contributed by atoms with Gasteiger partial charge in [0.2, 0.25) is 5.91 Å². The van der Waals surface area contributed by atoms with E-state index in [1.165, 1.54) is 6.07 Å². The van der Waals surface area contributed by atoms with Crippen molar-refractivity contribution in [1.29, 1.82) is 5.26 Å². The fraction of sp³-hybridized carbons (Fsp3) is 0.467. The van der Waals surface area contributed by atoms with Gasteiger partial charge in [-0.3, -0.25) is 4.79 Å². The lowest BCUT2D eigenvalue weighted by molar-refractivity contribution is -0.120. The summed E-state index contributed by atoms with van der Waals surface area (Å²) < 4.78 is 13.4. The minimum absolute atomic E-state index is 0.0337. The van der Waals surface area contributed by atoms with Crippen molar-refractivity contribution in [3.63, 3.8) is 0 Å². The van der Waals surface area contributed by atoms with E-state index in [1.807, 2.05) is 0 Å². The number of hydrogen-bond donors (Lipinski definition) is 2. The van der Waals surface area contributed by atoms with Gasteiger partial charge in [-0.25, -0.2) is 4.39 Å². The Kier molecular flexibility index (Phi) is 4.23. The van der Waals surface area contributed by atoms with Crippen LogP contribution in [0.3, 0.4) is 0 Å². The van der Waals surface area contributed by atoms with Gasteiger partial charge in [0.25, 0.3) is 0 Å². The van der Waals surface area contributed by atoms with Gasteiger partial charge >= 0.3 is 0 Å². The number of benzene rings is 1. The zero-order valence-electron chi connectivity index (χ0n) is 11.5. The Labute approximate surface area is 118 Å². The molecule has 1 amide bonds. The summed E-state index contributed by atoms with van der Waals surface area (Å²) in [6, 6.07) is 6.94. The molecule has 1 fully saturated rings. The number of hydrogen-bond acceptors (Lipinski definition) is 3. The van der Waals surface area contributed by atoms with Gasteiger partial charge in [0.05, 0.1) is 12.6 Å². The molecule has 0 heterocycles. The van der Waals surface area contributed by atoms with Crippen LogP contribution in [0.5, 0.6) is 0 Å².